The number of nitrogens with one attached hydrogen (secondary N) is 6. The Labute approximate surface area is 311 Å². The summed E-state index contributed by atoms with van der Waals surface area (Å²) in [5.74, 6) is 0.593. The van der Waals surface area contributed by atoms with Gasteiger partial charge in [-0.2, -0.15) is 55.5 Å². The summed E-state index contributed by atoms with van der Waals surface area (Å²) in [6.07, 6.45) is 10.1. The standard InChI is InChI=1S/C8H16N2O.C8H15NO.C6H10F3N.2C6H13N.C5H11N/c1-9(2)8(11)7-5-4-6-10(7)3;1-3-8(10)7-5-4-6-9(7)2;1-10-4-2-3-5(10)6(7,8)9;2*1-6-4-3-5-7(6)2;1-6-4-2-3-5-6/h7,10H,3-6H2,1-2H3;7,9H,2-6H2,1H3;5,10H,1-4H2;2*6-7H,2-5H2,1H3;6H,1-5H2/t2*7-;5-;2*6-;/m00010./s1. The smallest absolute Gasteiger partial charge is 0.438 e. The predicted octanol–water partition coefficient (Wildman–Crippen LogP) is -1.75. The second-order valence-corrected chi connectivity index (χ2v) is 15.8. The van der Waals surface area contributed by atoms with E-state index in [1.807, 2.05) is 6.92 Å². The molecular formula is C39H78F3N7O2. The van der Waals surface area contributed by atoms with Crippen LogP contribution in [0.5, 0.6) is 0 Å². The Kier molecular flexibility index (Phi) is 23.3. The zero-order chi connectivity index (χ0) is 38.7. The van der Waals surface area contributed by atoms with E-state index < -0.39 is 12.2 Å². The van der Waals surface area contributed by atoms with Crippen molar-refractivity contribution in [3.8, 4) is 0 Å². The lowest BCUT2D eigenvalue weighted by Crippen LogP contribution is -3.10. The maximum Gasteiger partial charge on any atom is 0.438 e. The summed E-state index contributed by atoms with van der Waals surface area (Å²) in [4.78, 5) is 31.2. The molecule has 10 atom stereocenters. The highest BCUT2D eigenvalue weighted by Gasteiger charge is 2.45. The van der Waals surface area contributed by atoms with Gasteiger partial charge in [-0.3, -0.25) is 9.59 Å². The molecule has 0 aliphatic carbocycles. The fraction of sp³-hybridized carbons (Fsp3) is 0.795. The normalized spacial score (nSPS) is 34.3. The monoisotopic (exact) mass is 734 g/mol. The van der Waals surface area contributed by atoms with E-state index in [0.29, 0.717) is 30.1 Å². The van der Waals surface area contributed by atoms with Crippen LogP contribution in [0.4, 0.5) is 13.2 Å². The van der Waals surface area contributed by atoms with Crippen molar-refractivity contribution in [3.63, 3.8) is 0 Å². The van der Waals surface area contributed by atoms with Gasteiger partial charge in [0, 0.05) is 71.9 Å². The number of quaternary nitrogens is 6. The summed E-state index contributed by atoms with van der Waals surface area (Å²) in [5.41, 5.74) is 0. The number of carbonyl (C=O) groups excluding carboxylic acids is 2. The Hall–Kier alpha value is -1.31. The van der Waals surface area contributed by atoms with Crippen LogP contribution in [0.1, 0.15) is 104 Å². The van der Waals surface area contributed by atoms with Crippen LogP contribution in [0.3, 0.4) is 0 Å². The summed E-state index contributed by atoms with van der Waals surface area (Å²) in [6.45, 7) is 14.2. The molecule has 6 N–H and O–H groups in total. The number of alkyl halides is 3. The van der Waals surface area contributed by atoms with Crippen LogP contribution in [0.2, 0.25) is 0 Å². The summed E-state index contributed by atoms with van der Waals surface area (Å²) in [5, 5.41) is 0. The van der Waals surface area contributed by atoms with Crippen molar-refractivity contribution in [3.05, 3.63) is 42.3 Å². The number of carbonyl (C=O) groups is 2. The molecule has 5 unspecified atom stereocenters. The molecule has 6 aliphatic rings. The molecule has 0 aromatic rings. The van der Waals surface area contributed by atoms with Crippen LogP contribution >= 0.6 is 0 Å². The SMILES string of the molecule is [CH2-][NH+]1CCCC1.[CH2-][NH+]1CCC[C@@H]1C.[CH2-][NH+]1CCC[C@H]1C.[CH2-][NH+]1CCC[C@H]1C(=O)CC.[CH2-][NH+]1CCC[C@H]1C(=O)N(C)C.[CH2-][NH+]1CCC[C@H]1C(F)(F)F. The van der Waals surface area contributed by atoms with E-state index in [9.17, 15) is 22.8 Å². The van der Waals surface area contributed by atoms with Crippen molar-refractivity contribution in [2.75, 3.05) is 59.9 Å². The molecule has 51 heavy (non-hydrogen) atoms. The van der Waals surface area contributed by atoms with Crippen molar-refractivity contribution in [1.82, 2.24) is 4.90 Å². The lowest BCUT2D eigenvalue weighted by molar-refractivity contribution is -0.880. The van der Waals surface area contributed by atoms with E-state index in [0.717, 1.165) is 60.7 Å². The Balaban J connectivity index is 0.000000310. The first-order chi connectivity index (χ1) is 23.9. The topological polar surface area (TPSA) is 64.0 Å². The first-order valence-electron chi connectivity index (χ1n) is 19.8. The van der Waals surface area contributed by atoms with E-state index >= 15 is 0 Å². The molecule has 0 aromatic carbocycles. The van der Waals surface area contributed by atoms with E-state index in [4.69, 9.17) is 0 Å². The fourth-order valence-corrected chi connectivity index (χ4v) is 7.42. The van der Waals surface area contributed by atoms with Crippen molar-refractivity contribution in [2.24, 2.45) is 0 Å². The third kappa shape index (κ3) is 18.5. The van der Waals surface area contributed by atoms with Gasteiger partial charge in [0.05, 0.1) is 57.9 Å². The minimum absolute atomic E-state index is 0.116. The summed E-state index contributed by atoms with van der Waals surface area (Å²) in [7, 11) is 26.5. The highest BCUT2D eigenvalue weighted by atomic mass is 19.4. The molecule has 6 rings (SSSR count). The van der Waals surface area contributed by atoms with E-state index in [1.165, 1.54) is 79.4 Å². The van der Waals surface area contributed by atoms with Gasteiger partial charge in [0.2, 0.25) is 0 Å². The fourth-order valence-electron chi connectivity index (χ4n) is 7.42. The summed E-state index contributed by atoms with van der Waals surface area (Å²) < 4.78 is 35.9. The maximum absolute atomic E-state index is 12.0. The molecule has 302 valence electrons. The third-order valence-electron chi connectivity index (χ3n) is 11.3. The molecule has 0 saturated carbocycles. The molecular weight excluding hydrogens is 655 g/mol. The Morgan fingerprint density at radius 2 is 0.980 bits per heavy atom. The Morgan fingerprint density at radius 3 is 1.20 bits per heavy atom. The molecule has 6 fully saturated rings. The van der Waals surface area contributed by atoms with E-state index in [-0.39, 0.29) is 24.4 Å². The van der Waals surface area contributed by atoms with E-state index in [2.05, 4.69) is 56.1 Å². The van der Waals surface area contributed by atoms with Crippen molar-refractivity contribution < 1.29 is 52.2 Å². The summed E-state index contributed by atoms with van der Waals surface area (Å²) in [6, 6.07) is 0.752. The number of likely N-dealkylation sites (tertiary alicyclic amines) is 6. The van der Waals surface area contributed by atoms with Gasteiger partial charge in [0.25, 0.3) is 5.91 Å². The first-order valence-corrected chi connectivity index (χ1v) is 19.8. The van der Waals surface area contributed by atoms with Gasteiger partial charge in [-0.1, -0.05) is 6.92 Å². The molecule has 0 radical (unpaired) electrons. The second kappa shape index (κ2) is 24.9. The molecule has 0 bridgehead atoms. The van der Waals surface area contributed by atoms with Crippen molar-refractivity contribution in [1.29, 1.82) is 0 Å². The Bertz CT molecular complexity index is 916. The van der Waals surface area contributed by atoms with Gasteiger partial charge in [0.15, 0.2) is 11.8 Å². The van der Waals surface area contributed by atoms with Crippen LogP contribution in [0, 0.1) is 42.3 Å². The predicted molar refractivity (Wildman–Crippen MR) is 198 cm³/mol. The van der Waals surface area contributed by atoms with Gasteiger partial charge in [0.1, 0.15) is 12.1 Å². The number of nitrogens with zero attached hydrogens (tertiary/aromatic N) is 1. The average Bonchev–Trinajstić information content (AvgIpc) is 3.94. The molecule has 0 aromatic heterocycles. The van der Waals surface area contributed by atoms with Crippen LogP contribution in [-0.2, 0) is 9.59 Å². The third-order valence-corrected chi connectivity index (χ3v) is 11.3. The largest absolute Gasteiger partial charge is 0.468 e. The van der Waals surface area contributed by atoms with Gasteiger partial charge >= 0.3 is 6.18 Å². The zero-order valence-corrected chi connectivity index (χ0v) is 33.2. The quantitative estimate of drug-likeness (QED) is 0.195. The second-order valence-electron chi connectivity index (χ2n) is 15.8. The van der Waals surface area contributed by atoms with Gasteiger partial charge < -0.3 is 34.3 Å². The minimum Gasteiger partial charge on any atom is -0.468 e. The first kappa shape index (κ1) is 47.7. The van der Waals surface area contributed by atoms with Crippen molar-refractivity contribution in [2.45, 2.75) is 141 Å². The molecule has 0 spiro atoms. The van der Waals surface area contributed by atoms with Crippen molar-refractivity contribution >= 4 is 11.7 Å². The number of hydrogen-bond acceptors (Lipinski definition) is 2. The number of Topliss-reactive ketones (excluding diaryl/α,β-unsaturated/α-hetero) is 1. The number of ketones is 1. The molecule has 1 amide bonds. The number of hydrogen-bond donors (Lipinski definition) is 6. The zero-order valence-electron chi connectivity index (χ0n) is 33.2. The molecule has 6 aliphatic heterocycles. The lowest BCUT2D eigenvalue weighted by Gasteiger charge is -2.24. The molecule has 6 heterocycles. The van der Waals surface area contributed by atoms with Gasteiger partial charge in [-0.05, 0) is 39.5 Å². The number of amides is 1. The summed E-state index contributed by atoms with van der Waals surface area (Å²) >= 11 is 0. The van der Waals surface area contributed by atoms with Gasteiger partial charge in [-0.15, -0.1) is 0 Å². The molecule has 12 heteroatoms. The van der Waals surface area contributed by atoms with Gasteiger partial charge in [-0.25, -0.2) is 0 Å². The van der Waals surface area contributed by atoms with Crippen LogP contribution in [-0.4, -0.2) is 113 Å². The van der Waals surface area contributed by atoms with E-state index in [1.54, 1.807) is 19.0 Å². The lowest BCUT2D eigenvalue weighted by atomic mass is 10.1. The minimum atomic E-state index is -4.05. The molecule has 9 nitrogen and oxygen atoms in total. The maximum atomic E-state index is 12.0. The Morgan fingerprint density at radius 1 is 0.588 bits per heavy atom. The average molecular weight is 734 g/mol. The number of halogens is 3. The van der Waals surface area contributed by atoms with Crippen LogP contribution in [0.15, 0.2) is 0 Å². The van der Waals surface area contributed by atoms with Crippen LogP contribution in [0.25, 0.3) is 0 Å². The highest BCUT2D eigenvalue weighted by Crippen LogP contribution is 2.23. The number of likely N-dealkylation sites (N-methyl/N-ethyl adjacent to an activating group) is 1. The number of rotatable bonds is 3. The molecule has 6 saturated heterocycles. The van der Waals surface area contributed by atoms with Crippen LogP contribution < -0.4 is 29.4 Å². The highest BCUT2D eigenvalue weighted by molar-refractivity contribution is 5.82.